The minimum atomic E-state index is -0.877. The Morgan fingerprint density at radius 2 is 1.86 bits per heavy atom. The predicted octanol–water partition coefficient (Wildman–Crippen LogP) is 0.433. The van der Waals surface area contributed by atoms with E-state index in [-0.39, 0.29) is 24.8 Å². The molecule has 7 heteroatoms. The molecule has 1 aliphatic heterocycles. The fraction of sp³-hybridized carbons (Fsp3) is 0.429. The second-order valence-corrected chi connectivity index (χ2v) is 4.77. The van der Waals surface area contributed by atoms with E-state index in [1.54, 1.807) is 21.9 Å². The van der Waals surface area contributed by atoms with Crippen LogP contribution in [0, 0.1) is 5.82 Å². The summed E-state index contributed by atoms with van der Waals surface area (Å²) in [4.78, 5) is 25.9. The van der Waals surface area contributed by atoms with Gasteiger partial charge in [0.2, 0.25) is 0 Å². The van der Waals surface area contributed by atoms with E-state index in [1.807, 2.05) is 0 Å². The number of carboxylic acids is 1. The Kier molecular flexibility index (Phi) is 5.10. The van der Waals surface area contributed by atoms with Gasteiger partial charge in [0.1, 0.15) is 0 Å². The molecule has 1 aromatic carbocycles. The molecule has 1 aliphatic rings. The molecule has 0 aromatic heterocycles. The number of nitrogens with zero attached hydrogens (tertiary/aromatic N) is 2. The van der Waals surface area contributed by atoms with Gasteiger partial charge < -0.3 is 14.7 Å². The molecule has 2 rings (SSSR count). The third kappa shape index (κ3) is 4.42. The summed E-state index contributed by atoms with van der Waals surface area (Å²) >= 11 is 0. The molecule has 0 radical (unpaired) electrons. The van der Waals surface area contributed by atoms with Crippen molar-refractivity contribution in [3.63, 3.8) is 0 Å². The van der Waals surface area contributed by atoms with Gasteiger partial charge in [-0.2, -0.15) is 0 Å². The number of aliphatic carboxylic acids is 1. The monoisotopic (exact) mass is 296 g/mol. The van der Waals surface area contributed by atoms with E-state index in [2.05, 4.69) is 0 Å². The normalized spacial score (nSPS) is 15.8. The Bertz CT molecular complexity index is 515. The molecule has 0 unspecified atom stereocenters. The number of carbonyl (C=O) groups is 2. The summed E-state index contributed by atoms with van der Waals surface area (Å²) in [6, 6.07) is 5.91. The second kappa shape index (κ2) is 7.03. The molecule has 0 saturated carbocycles. The van der Waals surface area contributed by atoms with Crippen LogP contribution in [0.2, 0.25) is 0 Å². The fourth-order valence-electron chi connectivity index (χ4n) is 2.14. The van der Waals surface area contributed by atoms with Crippen molar-refractivity contribution in [1.82, 2.24) is 9.80 Å². The first-order chi connectivity index (χ1) is 10.1. The van der Waals surface area contributed by atoms with Crippen LogP contribution < -0.4 is 4.74 Å². The van der Waals surface area contributed by atoms with Gasteiger partial charge in [-0.1, -0.05) is 12.1 Å². The van der Waals surface area contributed by atoms with Crippen LogP contribution in [-0.2, 0) is 9.59 Å². The molecule has 0 atom stereocenters. The number of rotatable bonds is 5. The smallest absolute Gasteiger partial charge is 0.317 e. The maximum atomic E-state index is 13.3. The quantitative estimate of drug-likeness (QED) is 0.853. The van der Waals surface area contributed by atoms with Crippen molar-refractivity contribution < 1.29 is 23.8 Å². The average Bonchev–Trinajstić information content (AvgIpc) is 2.46. The number of hydrogen-bond donors (Lipinski definition) is 1. The highest BCUT2D eigenvalue weighted by atomic mass is 19.1. The van der Waals surface area contributed by atoms with Gasteiger partial charge in [0.05, 0.1) is 6.54 Å². The van der Waals surface area contributed by atoms with Gasteiger partial charge in [-0.05, 0) is 12.1 Å². The molecule has 1 fully saturated rings. The maximum Gasteiger partial charge on any atom is 0.317 e. The van der Waals surface area contributed by atoms with Gasteiger partial charge in [0.15, 0.2) is 18.2 Å². The third-order valence-corrected chi connectivity index (χ3v) is 3.27. The SMILES string of the molecule is O=C(O)CN1CCN(C(=O)COc2ccccc2F)CC1. The molecule has 0 spiro atoms. The Balaban J connectivity index is 1.77. The molecular weight excluding hydrogens is 279 g/mol. The van der Waals surface area contributed by atoms with E-state index in [0.717, 1.165) is 0 Å². The number of carbonyl (C=O) groups excluding carboxylic acids is 1. The van der Waals surface area contributed by atoms with Crippen LogP contribution in [0.25, 0.3) is 0 Å². The number of halogens is 1. The lowest BCUT2D eigenvalue weighted by Crippen LogP contribution is -2.51. The summed E-state index contributed by atoms with van der Waals surface area (Å²) in [7, 11) is 0. The third-order valence-electron chi connectivity index (χ3n) is 3.27. The van der Waals surface area contributed by atoms with Crippen molar-refractivity contribution in [2.45, 2.75) is 0 Å². The number of carboxylic acid groups (broad SMARTS) is 1. The van der Waals surface area contributed by atoms with Gasteiger partial charge in [-0.25, -0.2) is 4.39 Å². The van der Waals surface area contributed by atoms with E-state index in [4.69, 9.17) is 9.84 Å². The van der Waals surface area contributed by atoms with E-state index < -0.39 is 11.8 Å². The molecule has 114 valence electrons. The Hall–Kier alpha value is -2.15. The number of benzene rings is 1. The second-order valence-electron chi connectivity index (χ2n) is 4.77. The van der Waals surface area contributed by atoms with E-state index in [0.29, 0.717) is 26.2 Å². The van der Waals surface area contributed by atoms with Crippen LogP contribution in [0.5, 0.6) is 5.75 Å². The fourth-order valence-corrected chi connectivity index (χ4v) is 2.14. The van der Waals surface area contributed by atoms with Crippen LogP contribution >= 0.6 is 0 Å². The summed E-state index contributed by atoms with van der Waals surface area (Å²) in [6.45, 7) is 1.68. The van der Waals surface area contributed by atoms with Gasteiger partial charge in [0, 0.05) is 26.2 Å². The Labute approximate surface area is 121 Å². The molecule has 1 heterocycles. The van der Waals surface area contributed by atoms with Crippen molar-refractivity contribution in [3.05, 3.63) is 30.1 Å². The standard InChI is InChI=1S/C14H17FN2O4/c15-11-3-1-2-4-12(11)21-10-13(18)17-7-5-16(6-8-17)9-14(19)20/h1-4H,5-10H2,(H,19,20). The number of hydrogen-bond acceptors (Lipinski definition) is 4. The number of amides is 1. The van der Waals surface area contributed by atoms with Crippen molar-refractivity contribution in [1.29, 1.82) is 0 Å². The summed E-state index contributed by atoms with van der Waals surface area (Å²) in [5.41, 5.74) is 0. The largest absolute Gasteiger partial charge is 0.481 e. The van der Waals surface area contributed by atoms with Gasteiger partial charge in [-0.3, -0.25) is 14.5 Å². The van der Waals surface area contributed by atoms with Gasteiger partial charge >= 0.3 is 5.97 Å². The molecule has 21 heavy (non-hydrogen) atoms. The van der Waals surface area contributed by atoms with Crippen LogP contribution in [0.15, 0.2) is 24.3 Å². The summed E-state index contributed by atoms with van der Waals surface area (Å²) in [5, 5.41) is 8.70. The van der Waals surface area contributed by atoms with Gasteiger partial charge in [0.25, 0.3) is 5.91 Å². The number of ether oxygens (including phenoxy) is 1. The first kappa shape index (κ1) is 15.2. The summed E-state index contributed by atoms with van der Waals surface area (Å²) in [5.74, 6) is -1.56. The lowest BCUT2D eigenvalue weighted by Gasteiger charge is -2.33. The van der Waals surface area contributed by atoms with E-state index >= 15 is 0 Å². The zero-order chi connectivity index (χ0) is 15.2. The van der Waals surface area contributed by atoms with Gasteiger partial charge in [-0.15, -0.1) is 0 Å². The molecular formula is C14H17FN2O4. The van der Waals surface area contributed by atoms with Crippen molar-refractivity contribution in [3.8, 4) is 5.75 Å². The molecule has 1 amide bonds. The molecule has 6 nitrogen and oxygen atoms in total. The highest BCUT2D eigenvalue weighted by Gasteiger charge is 2.22. The first-order valence-corrected chi connectivity index (χ1v) is 6.65. The summed E-state index contributed by atoms with van der Waals surface area (Å²) < 4.78 is 18.5. The summed E-state index contributed by atoms with van der Waals surface area (Å²) in [6.07, 6.45) is 0. The lowest BCUT2D eigenvalue weighted by atomic mass is 10.3. The molecule has 0 bridgehead atoms. The van der Waals surface area contributed by atoms with E-state index in [9.17, 15) is 14.0 Å². The average molecular weight is 296 g/mol. The minimum absolute atomic E-state index is 0.0201. The Morgan fingerprint density at radius 3 is 2.48 bits per heavy atom. The lowest BCUT2D eigenvalue weighted by molar-refractivity contribution is -0.139. The molecule has 1 N–H and O–H groups in total. The van der Waals surface area contributed by atoms with Crippen LogP contribution in [0.3, 0.4) is 0 Å². The highest BCUT2D eigenvalue weighted by molar-refractivity contribution is 5.78. The van der Waals surface area contributed by atoms with Crippen molar-refractivity contribution in [2.75, 3.05) is 39.3 Å². The van der Waals surface area contributed by atoms with Crippen molar-refractivity contribution in [2.24, 2.45) is 0 Å². The molecule has 1 aromatic rings. The maximum absolute atomic E-state index is 13.3. The highest BCUT2D eigenvalue weighted by Crippen LogP contribution is 2.15. The number of para-hydroxylation sites is 1. The van der Waals surface area contributed by atoms with Crippen LogP contribution in [-0.4, -0.2) is 66.1 Å². The van der Waals surface area contributed by atoms with Crippen molar-refractivity contribution >= 4 is 11.9 Å². The number of piperazine rings is 1. The van der Waals surface area contributed by atoms with Crippen LogP contribution in [0.1, 0.15) is 0 Å². The minimum Gasteiger partial charge on any atom is -0.481 e. The predicted molar refractivity (Wildman–Crippen MR) is 72.6 cm³/mol. The zero-order valence-corrected chi connectivity index (χ0v) is 11.5. The molecule has 0 aliphatic carbocycles. The molecule has 1 saturated heterocycles. The topological polar surface area (TPSA) is 70.1 Å². The Morgan fingerprint density at radius 1 is 1.19 bits per heavy atom. The van der Waals surface area contributed by atoms with E-state index in [1.165, 1.54) is 12.1 Å². The zero-order valence-electron chi connectivity index (χ0n) is 11.5. The van der Waals surface area contributed by atoms with Crippen LogP contribution in [0.4, 0.5) is 4.39 Å². The first-order valence-electron chi connectivity index (χ1n) is 6.65.